The van der Waals surface area contributed by atoms with Crippen LogP contribution in [0.15, 0.2) is 85.1 Å². The highest BCUT2D eigenvalue weighted by Crippen LogP contribution is 2.46. The summed E-state index contributed by atoms with van der Waals surface area (Å²) in [6.07, 6.45) is 2.50. The standard InChI is InChI=1S/C43H52N8O7S/c1-26-25-45-19-20-50(26)27(2)47-41(52)33-14-13-29(23-38(33)56-6)48-39-24-30(17-18-46-39)58-37-16-15-35(31-11-9-10-12-32(31)37)51(42(44)53)36-22-28(43(3,4)5)21-34(40(36)57-7)49-59(8,54)55/h9-18,21-24,26-27,45,49H,19-20,25H2,1-8H3,(H2,44,53)(H,46,48)(H,47,52). The van der Waals surface area contributed by atoms with Crippen LogP contribution in [0.4, 0.5) is 33.4 Å². The second kappa shape index (κ2) is 17.4. The lowest BCUT2D eigenvalue weighted by Gasteiger charge is -2.38. The third-order valence-corrected chi connectivity index (χ3v) is 10.7. The first-order valence-electron chi connectivity index (χ1n) is 19.1. The van der Waals surface area contributed by atoms with Crippen LogP contribution in [0.25, 0.3) is 10.8 Å². The van der Waals surface area contributed by atoms with Gasteiger partial charge < -0.3 is 35.9 Å². The van der Waals surface area contributed by atoms with Crippen molar-refractivity contribution in [1.82, 2.24) is 20.5 Å². The number of sulfonamides is 1. The normalized spacial score (nSPS) is 15.2. The number of nitrogens with two attached hydrogens (primary N) is 1. The first-order chi connectivity index (χ1) is 28.0. The Balaban J connectivity index is 1.28. The molecule has 6 rings (SSSR count). The largest absolute Gasteiger partial charge is 0.496 e. The van der Waals surface area contributed by atoms with Gasteiger partial charge in [-0.15, -0.1) is 0 Å². The summed E-state index contributed by atoms with van der Waals surface area (Å²) < 4.78 is 45.2. The summed E-state index contributed by atoms with van der Waals surface area (Å²) in [5.41, 5.74) is 8.31. The number of fused-ring (bicyclic) bond motifs is 1. The Morgan fingerprint density at radius 3 is 2.37 bits per heavy atom. The molecule has 1 saturated heterocycles. The van der Waals surface area contributed by atoms with Gasteiger partial charge in [0, 0.05) is 60.5 Å². The van der Waals surface area contributed by atoms with Gasteiger partial charge in [-0.3, -0.25) is 19.3 Å². The fraction of sp³-hybridized carbons (Fsp3) is 0.326. The minimum absolute atomic E-state index is 0.119. The van der Waals surface area contributed by atoms with E-state index >= 15 is 0 Å². The van der Waals surface area contributed by atoms with Gasteiger partial charge >= 0.3 is 6.03 Å². The minimum Gasteiger partial charge on any atom is -0.496 e. The van der Waals surface area contributed by atoms with E-state index in [4.69, 9.17) is 19.9 Å². The van der Waals surface area contributed by atoms with Crippen molar-refractivity contribution in [3.8, 4) is 23.0 Å². The van der Waals surface area contributed by atoms with Crippen LogP contribution in [0.2, 0.25) is 0 Å². The molecule has 0 spiro atoms. The highest BCUT2D eigenvalue weighted by molar-refractivity contribution is 7.92. The number of hydrogen-bond acceptors (Lipinski definition) is 11. The summed E-state index contributed by atoms with van der Waals surface area (Å²) >= 11 is 0. The lowest BCUT2D eigenvalue weighted by Crippen LogP contribution is -2.57. The average Bonchev–Trinajstić information content (AvgIpc) is 3.17. The Kier molecular flexibility index (Phi) is 12.5. The van der Waals surface area contributed by atoms with E-state index in [0.29, 0.717) is 56.8 Å². The number of nitrogens with zero attached hydrogens (tertiary/aromatic N) is 3. The number of methoxy groups -OCH3 is 2. The molecule has 312 valence electrons. The van der Waals surface area contributed by atoms with Gasteiger partial charge in [0.1, 0.15) is 23.1 Å². The number of anilines is 5. The fourth-order valence-electron chi connectivity index (χ4n) is 7.17. The zero-order valence-electron chi connectivity index (χ0n) is 34.5. The summed E-state index contributed by atoms with van der Waals surface area (Å²) in [7, 11) is -0.798. The van der Waals surface area contributed by atoms with Crippen molar-refractivity contribution in [2.75, 3.05) is 55.0 Å². The van der Waals surface area contributed by atoms with Crippen LogP contribution in [-0.2, 0) is 15.4 Å². The molecule has 16 heteroatoms. The van der Waals surface area contributed by atoms with Gasteiger partial charge in [-0.2, -0.15) is 0 Å². The Morgan fingerprint density at radius 1 is 0.966 bits per heavy atom. The number of carbonyl (C=O) groups excluding carboxylic acids is 2. The minimum atomic E-state index is -3.72. The van der Waals surface area contributed by atoms with E-state index in [0.717, 1.165) is 31.5 Å². The number of primary amides is 1. The zero-order valence-corrected chi connectivity index (χ0v) is 35.4. The molecule has 15 nitrogen and oxygen atoms in total. The lowest BCUT2D eigenvalue weighted by atomic mass is 9.86. The van der Waals surface area contributed by atoms with Crippen LogP contribution in [0.3, 0.4) is 0 Å². The van der Waals surface area contributed by atoms with E-state index in [-0.39, 0.29) is 29.2 Å². The second-order valence-electron chi connectivity index (χ2n) is 15.5. The number of nitrogens with one attached hydrogen (secondary N) is 4. The molecule has 1 aliphatic heterocycles. The molecule has 4 aromatic carbocycles. The maximum absolute atomic E-state index is 13.4. The van der Waals surface area contributed by atoms with Crippen LogP contribution in [-0.4, -0.2) is 82.6 Å². The van der Waals surface area contributed by atoms with Gasteiger partial charge in [-0.25, -0.2) is 18.2 Å². The summed E-state index contributed by atoms with van der Waals surface area (Å²) in [4.78, 5) is 34.8. The van der Waals surface area contributed by atoms with Crippen molar-refractivity contribution >= 4 is 61.3 Å². The number of pyridine rings is 1. The molecule has 0 saturated carbocycles. The number of carbonyl (C=O) groups is 2. The fourth-order valence-corrected chi connectivity index (χ4v) is 7.72. The van der Waals surface area contributed by atoms with Crippen molar-refractivity contribution in [3.63, 3.8) is 0 Å². The van der Waals surface area contributed by atoms with E-state index < -0.39 is 21.5 Å². The van der Waals surface area contributed by atoms with E-state index in [2.05, 4.69) is 37.5 Å². The van der Waals surface area contributed by atoms with E-state index in [1.807, 2.05) is 52.0 Å². The van der Waals surface area contributed by atoms with Gasteiger partial charge in [-0.1, -0.05) is 45.0 Å². The molecule has 2 heterocycles. The van der Waals surface area contributed by atoms with Crippen LogP contribution in [0.5, 0.6) is 23.0 Å². The van der Waals surface area contributed by atoms with Gasteiger partial charge in [0.05, 0.1) is 49.3 Å². The Hall–Kier alpha value is -6.10. The molecule has 3 amide bonds. The molecule has 2 unspecified atom stereocenters. The predicted octanol–water partition coefficient (Wildman–Crippen LogP) is 7.04. The van der Waals surface area contributed by atoms with Crippen LogP contribution < -0.4 is 45.5 Å². The molecule has 1 aliphatic rings. The molecule has 0 radical (unpaired) electrons. The molecule has 0 bridgehead atoms. The highest BCUT2D eigenvalue weighted by Gasteiger charge is 2.29. The van der Waals surface area contributed by atoms with Crippen molar-refractivity contribution in [1.29, 1.82) is 0 Å². The van der Waals surface area contributed by atoms with Crippen LogP contribution in [0, 0.1) is 0 Å². The topological polar surface area (TPSA) is 189 Å². The first-order valence-corrected chi connectivity index (χ1v) is 21.0. The maximum atomic E-state index is 13.4. The summed E-state index contributed by atoms with van der Waals surface area (Å²) in [6.45, 7) is 12.6. The van der Waals surface area contributed by atoms with Crippen molar-refractivity contribution in [2.24, 2.45) is 5.73 Å². The Morgan fingerprint density at radius 2 is 1.71 bits per heavy atom. The molecule has 59 heavy (non-hydrogen) atoms. The molecule has 5 aromatic rings. The second-order valence-corrected chi connectivity index (χ2v) is 17.2. The van der Waals surface area contributed by atoms with Gasteiger partial charge in [-0.05, 0) is 67.3 Å². The van der Waals surface area contributed by atoms with Gasteiger partial charge in [0.25, 0.3) is 5.91 Å². The number of hydrogen-bond donors (Lipinski definition) is 5. The Labute approximate surface area is 345 Å². The number of rotatable bonds is 13. The van der Waals surface area contributed by atoms with Crippen LogP contribution in [0.1, 0.15) is 50.5 Å². The average molecular weight is 825 g/mol. The number of aromatic nitrogens is 1. The summed E-state index contributed by atoms with van der Waals surface area (Å²) in [6, 6.07) is 22.5. The SMILES string of the molecule is COc1cc(Nc2cc(Oc3ccc(N(C(N)=O)c4cc(C(C)(C)C)cc(NS(C)(=O)=O)c4OC)c4ccccc34)ccn2)ccc1C(=O)NC(C)N1CCNCC1C. The maximum Gasteiger partial charge on any atom is 0.324 e. The number of benzene rings is 4. The quantitative estimate of drug-likeness (QED) is 0.0819. The molecule has 6 N–H and O–H groups in total. The number of ether oxygens (including phenoxy) is 3. The van der Waals surface area contributed by atoms with Gasteiger partial charge in [0.2, 0.25) is 10.0 Å². The van der Waals surface area contributed by atoms with E-state index in [1.54, 1.807) is 60.8 Å². The smallest absolute Gasteiger partial charge is 0.324 e. The third-order valence-electron chi connectivity index (χ3n) is 10.1. The lowest BCUT2D eigenvalue weighted by molar-refractivity contribution is 0.0752. The number of amides is 3. The third kappa shape index (κ3) is 9.79. The Bertz CT molecular complexity index is 2470. The zero-order chi connectivity index (χ0) is 42.6. The van der Waals surface area contributed by atoms with Crippen molar-refractivity contribution in [3.05, 3.63) is 96.2 Å². The highest BCUT2D eigenvalue weighted by atomic mass is 32.2. The van der Waals surface area contributed by atoms with E-state index in [9.17, 15) is 18.0 Å². The molecular formula is C43H52N8O7S. The summed E-state index contributed by atoms with van der Waals surface area (Å²) in [5, 5.41) is 11.0. The van der Waals surface area contributed by atoms with Crippen LogP contribution >= 0.6 is 0 Å². The van der Waals surface area contributed by atoms with E-state index in [1.165, 1.54) is 19.1 Å². The predicted molar refractivity (Wildman–Crippen MR) is 232 cm³/mol. The number of urea groups is 1. The molecule has 0 aliphatic carbocycles. The monoisotopic (exact) mass is 824 g/mol. The first kappa shape index (κ1) is 42.5. The molecule has 1 aromatic heterocycles. The van der Waals surface area contributed by atoms with Crippen molar-refractivity contribution < 1.29 is 32.2 Å². The molecule has 2 atom stereocenters. The number of piperazine rings is 1. The molecular weight excluding hydrogens is 773 g/mol. The molecule has 1 fully saturated rings. The summed E-state index contributed by atoms with van der Waals surface area (Å²) in [5.74, 6) is 1.73. The van der Waals surface area contributed by atoms with Crippen molar-refractivity contribution in [2.45, 2.75) is 52.2 Å². The van der Waals surface area contributed by atoms with Gasteiger partial charge in [0.15, 0.2) is 5.75 Å².